The number of nitrogens with zero attached hydrogens (tertiary/aromatic N) is 3. The van der Waals surface area contributed by atoms with E-state index in [4.69, 9.17) is 0 Å². The quantitative estimate of drug-likeness (QED) is 0.888. The summed E-state index contributed by atoms with van der Waals surface area (Å²) in [4.78, 5) is 29.3. The van der Waals surface area contributed by atoms with Crippen molar-refractivity contribution in [1.82, 2.24) is 25.1 Å². The maximum absolute atomic E-state index is 12.3. The van der Waals surface area contributed by atoms with E-state index in [-0.39, 0.29) is 18.0 Å². The van der Waals surface area contributed by atoms with E-state index in [0.29, 0.717) is 13.1 Å². The molecule has 0 spiro atoms. The lowest BCUT2D eigenvalue weighted by atomic mass is 10.1. The number of carbonyl (C=O) groups is 2. The summed E-state index contributed by atoms with van der Waals surface area (Å²) in [6, 6.07) is 7.94. The van der Waals surface area contributed by atoms with Gasteiger partial charge >= 0.3 is 6.03 Å². The normalized spacial score (nSPS) is 17.2. The monoisotopic (exact) mass is 341 g/mol. The van der Waals surface area contributed by atoms with Gasteiger partial charge in [0.1, 0.15) is 0 Å². The largest absolute Gasteiger partial charge is 0.352 e. The number of piperidine rings is 1. The van der Waals surface area contributed by atoms with E-state index in [1.807, 2.05) is 35.0 Å². The lowest BCUT2D eigenvalue weighted by molar-refractivity contribution is -0.119. The van der Waals surface area contributed by atoms with Gasteiger partial charge in [-0.3, -0.25) is 4.79 Å². The van der Waals surface area contributed by atoms with Crippen LogP contribution < -0.4 is 10.6 Å². The van der Waals surface area contributed by atoms with E-state index in [0.717, 1.165) is 30.6 Å². The number of nitrogens with one attached hydrogen (secondary N) is 2. The molecule has 2 heterocycles. The zero-order valence-corrected chi connectivity index (χ0v) is 14.3. The van der Waals surface area contributed by atoms with E-state index in [2.05, 4.69) is 15.6 Å². The van der Waals surface area contributed by atoms with Gasteiger partial charge in [-0.15, -0.1) is 0 Å². The van der Waals surface area contributed by atoms with Crippen molar-refractivity contribution in [3.63, 3.8) is 0 Å². The van der Waals surface area contributed by atoms with Gasteiger partial charge in [0.25, 0.3) is 0 Å². The van der Waals surface area contributed by atoms with Crippen molar-refractivity contribution in [3.8, 4) is 5.69 Å². The lowest BCUT2D eigenvalue weighted by Gasteiger charge is -2.33. The van der Waals surface area contributed by atoms with Crippen molar-refractivity contribution in [1.29, 1.82) is 0 Å². The van der Waals surface area contributed by atoms with Crippen LogP contribution in [-0.2, 0) is 11.3 Å². The van der Waals surface area contributed by atoms with Crippen molar-refractivity contribution < 1.29 is 9.59 Å². The number of urea groups is 1. The number of hydrogen-bond donors (Lipinski definition) is 2. The molecule has 2 aromatic rings. The Bertz CT molecular complexity index is 712. The van der Waals surface area contributed by atoms with Crippen LogP contribution in [-0.4, -0.2) is 45.5 Å². The van der Waals surface area contributed by atoms with Gasteiger partial charge in [-0.25, -0.2) is 9.78 Å². The minimum Gasteiger partial charge on any atom is -0.352 e. The molecule has 132 valence electrons. The van der Waals surface area contributed by atoms with Crippen molar-refractivity contribution in [2.75, 3.05) is 13.1 Å². The van der Waals surface area contributed by atoms with Gasteiger partial charge in [-0.1, -0.05) is 12.1 Å². The van der Waals surface area contributed by atoms with Crippen LogP contribution in [0.15, 0.2) is 43.0 Å². The summed E-state index contributed by atoms with van der Waals surface area (Å²) in [5, 5.41) is 5.84. The first kappa shape index (κ1) is 17.0. The summed E-state index contributed by atoms with van der Waals surface area (Å²) in [6.45, 7) is 3.27. The third kappa shape index (κ3) is 4.59. The van der Waals surface area contributed by atoms with E-state index in [9.17, 15) is 9.59 Å². The molecule has 7 nitrogen and oxygen atoms in total. The van der Waals surface area contributed by atoms with Gasteiger partial charge < -0.3 is 20.1 Å². The number of hydrogen-bond acceptors (Lipinski definition) is 3. The molecule has 0 aliphatic carbocycles. The number of aromatic nitrogens is 2. The first-order valence-corrected chi connectivity index (χ1v) is 8.49. The second-order valence-electron chi connectivity index (χ2n) is 6.28. The molecule has 1 unspecified atom stereocenters. The van der Waals surface area contributed by atoms with Crippen LogP contribution in [0.4, 0.5) is 4.79 Å². The molecule has 1 aromatic heterocycles. The molecule has 7 heteroatoms. The number of benzene rings is 1. The summed E-state index contributed by atoms with van der Waals surface area (Å²) in [5.41, 5.74) is 2.06. The van der Waals surface area contributed by atoms with Gasteiger partial charge in [0.15, 0.2) is 0 Å². The second kappa shape index (κ2) is 7.83. The van der Waals surface area contributed by atoms with Crippen LogP contribution in [0, 0.1) is 0 Å². The summed E-state index contributed by atoms with van der Waals surface area (Å²) < 4.78 is 1.93. The van der Waals surface area contributed by atoms with Crippen molar-refractivity contribution in [2.45, 2.75) is 32.4 Å². The van der Waals surface area contributed by atoms with E-state index >= 15 is 0 Å². The summed E-state index contributed by atoms with van der Waals surface area (Å²) in [6.07, 6.45) is 7.19. The first-order chi connectivity index (χ1) is 12.1. The van der Waals surface area contributed by atoms with Crippen LogP contribution in [0.5, 0.6) is 0 Å². The summed E-state index contributed by atoms with van der Waals surface area (Å²) in [5.74, 6) is -0.0507. The molecule has 2 N–H and O–H groups in total. The molecular formula is C18H23N5O2. The van der Waals surface area contributed by atoms with Crippen LogP contribution >= 0.6 is 0 Å². The molecule has 1 aliphatic rings. The minimum absolute atomic E-state index is 0.0477. The third-order valence-corrected chi connectivity index (χ3v) is 4.30. The highest BCUT2D eigenvalue weighted by molar-refractivity contribution is 5.75. The Hall–Kier alpha value is -2.83. The fourth-order valence-corrected chi connectivity index (χ4v) is 3.05. The zero-order chi connectivity index (χ0) is 17.6. The predicted molar refractivity (Wildman–Crippen MR) is 94.2 cm³/mol. The summed E-state index contributed by atoms with van der Waals surface area (Å²) in [7, 11) is 0. The van der Waals surface area contributed by atoms with Crippen LogP contribution in [0.3, 0.4) is 0 Å². The predicted octanol–water partition coefficient (Wildman–Crippen LogP) is 1.68. The fraction of sp³-hybridized carbons (Fsp3) is 0.389. The Kier molecular flexibility index (Phi) is 5.33. The molecule has 1 fully saturated rings. The molecule has 25 heavy (non-hydrogen) atoms. The number of amides is 3. The first-order valence-electron chi connectivity index (χ1n) is 8.49. The SMILES string of the molecule is CC(=O)NC1CCCN(C(=O)NCc2ccc(-n3ccnc3)cc2)C1. The maximum atomic E-state index is 12.3. The van der Waals surface area contributed by atoms with E-state index in [1.165, 1.54) is 6.92 Å². The molecule has 0 saturated carbocycles. The lowest BCUT2D eigenvalue weighted by Crippen LogP contribution is -2.51. The Balaban J connectivity index is 1.51. The van der Waals surface area contributed by atoms with Gasteiger partial charge in [0.05, 0.1) is 6.33 Å². The molecule has 1 saturated heterocycles. The second-order valence-corrected chi connectivity index (χ2v) is 6.28. The van der Waals surface area contributed by atoms with Crippen molar-refractivity contribution in [2.24, 2.45) is 0 Å². The van der Waals surface area contributed by atoms with Crippen LogP contribution in [0.2, 0.25) is 0 Å². The molecular weight excluding hydrogens is 318 g/mol. The van der Waals surface area contributed by atoms with Gasteiger partial charge in [-0.05, 0) is 30.5 Å². The smallest absolute Gasteiger partial charge is 0.317 e. The molecule has 1 aromatic carbocycles. The van der Waals surface area contributed by atoms with Gasteiger partial charge in [0, 0.05) is 50.7 Å². The highest BCUT2D eigenvalue weighted by Crippen LogP contribution is 2.12. The highest BCUT2D eigenvalue weighted by Gasteiger charge is 2.23. The van der Waals surface area contributed by atoms with Crippen LogP contribution in [0.1, 0.15) is 25.3 Å². The highest BCUT2D eigenvalue weighted by atomic mass is 16.2. The Morgan fingerprint density at radius 3 is 2.76 bits per heavy atom. The number of likely N-dealkylation sites (tertiary alicyclic amines) is 1. The molecule has 1 aliphatic heterocycles. The zero-order valence-electron chi connectivity index (χ0n) is 14.3. The Morgan fingerprint density at radius 2 is 2.08 bits per heavy atom. The number of carbonyl (C=O) groups excluding carboxylic acids is 2. The third-order valence-electron chi connectivity index (χ3n) is 4.30. The van der Waals surface area contributed by atoms with Gasteiger partial charge in [0.2, 0.25) is 5.91 Å². The number of imidazole rings is 1. The standard InChI is InChI=1S/C18H23N5O2/c1-14(24)21-16-3-2-9-22(12-16)18(25)20-11-15-4-6-17(7-5-15)23-10-8-19-13-23/h4-8,10,13,16H,2-3,9,11-12H2,1H3,(H,20,25)(H,21,24). The Labute approximate surface area is 147 Å². The van der Waals surface area contributed by atoms with Crippen molar-refractivity contribution in [3.05, 3.63) is 48.5 Å². The van der Waals surface area contributed by atoms with Gasteiger partial charge in [-0.2, -0.15) is 0 Å². The maximum Gasteiger partial charge on any atom is 0.317 e. The summed E-state index contributed by atoms with van der Waals surface area (Å²) >= 11 is 0. The molecule has 0 bridgehead atoms. The molecule has 1 atom stereocenters. The average Bonchev–Trinajstić information content (AvgIpc) is 3.14. The molecule has 3 amide bonds. The van der Waals surface area contributed by atoms with E-state index < -0.39 is 0 Å². The van der Waals surface area contributed by atoms with Crippen molar-refractivity contribution >= 4 is 11.9 Å². The number of rotatable bonds is 4. The fourth-order valence-electron chi connectivity index (χ4n) is 3.05. The van der Waals surface area contributed by atoms with Crippen LogP contribution in [0.25, 0.3) is 5.69 Å². The Morgan fingerprint density at radius 1 is 1.28 bits per heavy atom. The minimum atomic E-state index is -0.0891. The molecule has 3 rings (SSSR count). The average molecular weight is 341 g/mol. The van der Waals surface area contributed by atoms with E-state index in [1.54, 1.807) is 17.4 Å². The molecule has 0 radical (unpaired) electrons. The topological polar surface area (TPSA) is 79.3 Å².